The molecule has 1 unspecified atom stereocenters. The van der Waals surface area contributed by atoms with Crippen LogP contribution in [0.15, 0.2) is 36.4 Å². The number of aromatic nitrogens is 2. The van der Waals surface area contributed by atoms with Gasteiger partial charge in [-0.05, 0) is 38.3 Å². The molecule has 2 heterocycles. The Morgan fingerprint density at radius 1 is 1.21 bits per heavy atom. The Hall–Kier alpha value is -2.63. The van der Waals surface area contributed by atoms with Crippen molar-refractivity contribution < 1.29 is 14.3 Å². The molecule has 1 aromatic carbocycles. The van der Waals surface area contributed by atoms with Crippen molar-refractivity contribution in [2.75, 3.05) is 13.7 Å². The minimum atomic E-state index is -0.551. The lowest BCUT2D eigenvalue weighted by molar-refractivity contribution is 0.0592. The van der Waals surface area contributed by atoms with Crippen LogP contribution in [0.2, 0.25) is 0 Å². The first-order valence-corrected chi connectivity index (χ1v) is 8.16. The predicted octanol–water partition coefficient (Wildman–Crippen LogP) is 2.67. The number of methoxy groups -OCH3 is 1. The zero-order chi connectivity index (χ0) is 17.1. The number of rotatable bonds is 3. The van der Waals surface area contributed by atoms with Crippen LogP contribution in [0.25, 0.3) is 5.69 Å². The molecule has 0 spiro atoms. The van der Waals surface area contributed by atoms with E-state index >= 15 is 0 Å². The van der Waals surface area contributed by atoms with Crippen LogP contribution in [0.5, 0.6) is 0 Å². The summed E-state index contributed by atoms with van der Waals surface area (Å²) in [5, 5.41) is 4.29. The van der Waals surface area contributed by atoms with Gasteiger partial charge < -0.3 is 9.64 Å². The summed E-state index contributed by atoms with van der Waals surface area (Å²) in [7, 11) is 1.30. The molecule has 1 aromatic heterocycles. The highest BCUT2D eigenvalue weighted by molar-refractivity contribution is 5.96. The number of benzene rings is 1. The summed E-state index contributed by atoms with van der Waals surface area (Å²) in [6, 6.07) is 11.0. The summed E-state index contributed by atoms with van der Waals surface area (Å²) in [5.74, 6) is -0.654. The topological polar surface area (TPSA) is 64.4 Å². The predicted molar refractivity (Wildman–Crippen MR) is 89.3 cm³/mol. The minimum Gasteiger partial charge on any atom is -0.464 e. The number of amides is 1. The summed E-state index contributed by atoms with van der Waals surface area (Å²) >= 11 is 0. The summed E-state index contributed by atoms with van der Waals surface area (Å²) in [4.78, 5) is 26.8. The average Bonchev–Trinajstić information content (AvgIpc) is 3.07. The van der Waals surface area contributed by atoms with Gasteiger partial charge in [0.2, 0.25) is 0 Å². The molecule has 6 nitrogen and oxygen atoms in total. The molecule has 0 bridgehead atoms. The maximum Gasteiger partial charge on any atom is 0.358 e. The van der Waals surface area contributed by atoms with E-state index in [1.807, 2.05) is 35.2 Å². The van der Waals surface area contributed by atoms with Crippen molar-refractivity contribution in [3.8, 4) is 5.69 Å². The Morgan fingerprint density at radius 2 is 1.96 bits per heavy atom. The van der Waals surface area contributed by atoms with Gasteiger partial charge in [-0.3, -0.25) is 4.79 Å². The lowest BCUT2D eigenvalue weighted by atomic mass is 10.0. The van der Waals surface area contributed by atoms with Gasteiger partial charge >= 0.3 is 5.97 Å². The molecule has 0 N–H and O–H groups in total. The van der Waals surface area contributed by atoms with E-state index < -0.39 is 5.97 Å². The zero-order valence-corrected chi connectivity index (χ0v) is 13.9. The van der Waals surface area contributed by atoms with Crippen LogP contribution in [0, 0.1) is 0 Å². The lowest BCUT2D eigenvalue weighted by Crippen LogP contribution is -2.42. The highest BCUT2D eigenvalue weighted by Gasteiger charge is 2.28. The van der Waals surface area contributed by atoms with Crippen molar-refractivity contribution in [3.63, 3.8) is 0 Å². The number of carbonyl (C=O) groups is 2. The third-order valence-electron chi connectivity index (χ3n) is 4.39. The summed E-state index contributed by atoms with van der Waals surface area (Å²) in [5.41, 5.74) is 1.25. The van der Waals surface area contributed by atoms with Crippen LogP contribution in [0.4, 0.5) is 0 Å². The Morgan fingerprint density at radius 3 is 2.62 bits per heavy atom. The molecular formula is C18H21N3O3. The van der Waals surface area contributed by atoms with Gasteiger partial charge in [-0.1, -0.05) is 18.2 Å². The molecule has 0 radical (unpaired) electrons. The second kappa shape index (κ2) is 6.86. The van der Waals surface area contributed by atoms with E-state index in [2.05, 4.69) is 12.0 Å². The van der Waals surface area contributed by atoms with Crippen LogP contribution in [-0.2, 0) is 4.74 Å². The summed E-state index contributed by atoms with van der Waals surface area (Å²) in [6.45, 7) is 2.79. The highest BCUT2D eigenvalue weighted by Crippen LogP contribution is 2.21. The quantitative estimate of drug-likeness (QED) is 0.813. The van der Waals surface area contributed by atoms with E-state index in [1.165, 1.54) is 17.9 Å². The SMILES string of the molecule is COC(=O)c1cc(C(=O)N2CCCCC2C)n(-c2ccccc2)n1. The fourth-order valence-corrected chi connectivity index (χ4v) is 3.05. The zero-order valence-electron chi connectivity index (χ0n) is 13.9. The van der Waals surface area contributed by atoms with Crippen LogP contribution in [0.3, 0.4) is 0 Å². The summed E-state index contributed by atoms with van der Waals surface area (Å²) < 4.78 is 6.27. The third kappa shape index (κ3) is 3.04. The fraction of sp³-hybridized carbons (Fsp3) is 0.389. The van der Waals surface area contributed by atoms with Crippen molar-refractivity contribution in [1.82, 2.24) is 14.7 Å². The molecule has 1 atom stereocenters. The van der Waals surface area contributed by atoms with Crippen molar-refractivity contribution in [2.24, 2.45) is 0 Å². The second-order valence-corrected chi connectivity index (χ2v) is 6.00. The highest BCUT2D eigenvalue weighted by atomic mass is 16.5. The molecular weight excluding hydrogens is 306 g/mol. The van der Waals surface area contributed by atoms with Crippen LogP contribution < -0.4 is 0 Å². The molecule has 1 amide bonds. The smallest absolute Gasteiger partial charge is 0.358 e. The fourth-order valence-electron chi connectivity index (χ4n) is 3.05. The van der Waals surface area contributed by atoms with Gasteiger partial charge in [-0.2, -0.15) is 5.10 Å². The normalized spacial score (nSPS) is 17.6. The Balaban J connectivity index is 2.03. The van der Waals surface area contributed by atoms with Crippen molar-refractivity contribution >= 4 is 11.9 Å². The molecule has 1 saturated heterocycles. The second-order valence-electron chi connectivity index (χ2n) is 6.00. The van der Waals surface area contributed by atoms with E-state index in [0.29, 0.717) is 5.69 Å². The monoisotopic (exact) mass is 327 g/mol. The molecule has 1 aliphatic heterocycles. The first kappa shape index (κ1) is 16.2. The Kier molecular flexibility index (Phi) is 4.64. The molecule has 2 aromatic rings. The first-order chi connectivity index (χ1) is 11.6. The minimum absolute atomic E-state index is 0.103. The number of piperidine rings is 1. The standard InChI is InChI=1S/C18H21N3O3/c1-13-8-6-7-11-20(13)17(22)16-12-15(18(23)24-2)19-21(16)14-9-4-3-5-10-14/h3-5,9-10,12-13H,6-8,11H2,1-2H3. The Bertz CT molecular complexity index is 739. The molecule has 1 fully saturated rings. The first-order valence-electron chi connectivity index (χ1n) is 8.16. The van der Waals surface area contributed by atoms with E-state index in [9.17, 15) is 9.59 Å². The largest absolute Gasteiger partial charge is 0.464 e. The van der Waals surface area contributed by atoms with Crippen LogP contribution >= 0.6 is 0 Å². The molecule has 6 heteroatoms. The maximum absolute atomic E-state index is 13.0. The number of ether oxygens (including phenoxy) is 1. The number of nitrogens with zero attached hydrogens (tertiary/aromatic N) is 3. The molecule has 1 aliphatic rings. The van der Waals surface area contributed by atoms with E-state index in [1.54, 1.807) is 0 Å². The van der Waals surface area contributed by atoms with Gasteiger partial charge in [0.15, 0.2) is 5.69 Å². The van der Waals surface area contributed by atoms with Gasteiger partial charge in [0.05, 0.1) is 12.8 Å². The van der Waals surface area contributed by atoms with E-state index in [0.717, 1.165) is 31.5 Å². The molecule has 0 saturated carbocycles. The summed E-state index contributed by atoms with van der Waals surface area (Å²) in [6.07, 6.45) is 3.13. The van der Waals surface area contributed by atoms with Gasteiger partial charge in [0.1, 0.15) is 5.69 Å². The number of hydrogen-bond acceptors (Lipinski definition) is 4. The van der Waals surface area contributed by atoms with E-state index in [-0.39, 0.29) is 17.6 Å². The molecule has 24 heavy (non-hydrogen) atoms. The van der Waals surface area contributed by atoms with Crippen LogP contribution in [0.1, 0.15) is 47.2 Å². The van der Waals surface area contributed by atoms with Crippen LogP contribution in [-0.4, -0.2) is 46.3 Å². The number of para-hydroxylation sites is 1. The molecule has 0 aliphatic carbocycles. The number of likely N-dealkylation sites (tertiary alicyclic amines) is 1. The van der Waals surface area contributed by atoms with E-state index in [4.69, 9.17) is 4.74 Å². The van der Waals surface area contributed by atoms with Gasteiger partial charge in [0, 0.05) is 18.7 Å². The van der Waals surface area contributed by atoms with Gasteiger partial charge in [-0.15, -0.1) is 0 Å². The lowest BCUT2D eigenvalue weighted by Gasteiger charge is -2.33. The maximum atomic E-state index is 13.0. The number of hydrogen-bond donors (Lipinski definition) is 0. The third-order valence-corrected chi connectivity index (χ3v) is 4.39. The number of esters is 1. The van der Waals surface area contributed by atoms with Gasteiger partial charge in [-0.25, -0.2) is 9.48 Å². The van der Waals surface area contributed by atoms with Gasteiger partial charge in [0.25, 0.3) is 5.91 Å². The van der Waals surface area contributed by atoms with Crippen molar-refractivity contribution in [2.45, 2.75) is 32.2 Å². The van der Waals surface area contributed by atoms with Crippen molar-refractivity contribution in [1.29, 1.82) is 0 Å². The number of carbonyl (C=O) groups excluding carboxylic acids is 2. The van der Waals surface area contributed by atoms with Crippen molar-refractivity contribution in [3.05, 3.63) is 47.8 Å². The average molecular weight is 327 g/mol. The molecule has 126 valence electrons. The Labute approximate surface area is 141 Å². The molecule has 3 rings (SSSR count).